The summed E-state index contributed by atoms with van der Waals surface area (Å²) in [6.45, 7) is 3.65. The number of carbonyl (C=O) groups excluding carboxylic acids is 1. The first kappa shape index (κ1) is 15.8. The van der Waals surface area contributed by atoms with Gasteiger partial charge in [-0.05, 0) is 31.0 Å². The van der Waals surface area contributed by atoms with Gasteiger partial charge in [0.2, 0.25) is 0 Å². The summed E-state index contributed by atoms with van der Waals surface area (Å²) >= 11 is 5.91. The van der Waals surface area contributed by atoms with Crippen molar-refractivity contribution in [3.63, 3.8) is 0 Å². The molecule has 0 saturated carbocycles. The van der Waals surface area contributed by atoms with E-state index >= 15 is 0 Å². The van der Waals surface area contributed by atoms with Crippen LogP contribution in [0.5, 0.6) is 0 Å². The number of hydrogen-bond donors (Lipinski definition) is 3. The fraction of sp³-hybridized carbons (Fsp3) is 0.462. The van der Waals surface area contributed by atoms with Crippen LogP contribution in [0, 0.1) is 6.92 Å². The summed E-state index contributed by atoms with van der Waals surface area (Å²) in [5.74, 6) is -0.563. The van der Waals surface area contributed by atoms with Gasteiger partial charge in [-0.1, -0.05) is 17.7 Å². The number of carbonyl (C=O) groups is 1. The molecule has 0 fully saturated rings. The van der Waals surface area contributed by atoms with E-state index < -0.39 is 18.2 Å². The van der Waals surface area contributed by atoms with Gasteiger partial charge >= 0.3 is 5.97 Å². The maximum Gasteiger partial charge on any atom is 0.308 e. The molecule has 5 nitrogen and oxygen atoms in total. The molecule has 106 valence electrons. The molecule has 1 rings (SSSR count). The number of halogens is 1. The molecule has 0 heterocycles. The molecule has 0 aliphatic carbocycles. The second-order valence-corrected chi connectivity index (χ2v) is 4.66. The summed E-state index contributed by atoms with van der Waals surface area (Å²) in [5.41, 5.74) is 7.23. The van der Waals surface area contributed by atoms with Crippen molar-refractivity contribution in [1.29, 1.82) is 0 Å². The van der Waals surface area contributed by atoms with Gasteiger partial charge in [-0.15, -0.1) is 0 Å². The van der Waals surface area contributed by atoms with Crippen molar-refractivity contribution in [2.24, 2.45) is 0 Å². The topological polar surface area (TPSA) is 92.8 Å². The third-order valence-corrected chi connectivity index (χ3v) is 3.06. The first-order valence-electron chi connectivity index (χ1n) is 5.94. The number of ether oxygens (including phenoxy) is 1. The maximum absolute atomic E-state index is 11.2. The summed E-state index contributed by atoms with van der Waals surface area (Å²) in [5, 5.41) is 20.1. The molecule has 0 bridgehead atoms. The molecular formula is C13H18ClNO4. The van der Waals surface area contributed by atoms with Crippen LogP contribution in [0.1, 0.15) is 30.6 Å². The lowest BCUT2D eigenvalue weighted by Gasteiger charge is -2.19. The van der Waals surface area contributed by atoms with Gasteiger partial charge in [-0.2, -0.15) is 0 Å². The van der Waals surface area contributed by atoms with Crippen molar-refractivity contribution < 1.29 is 19.7 Å². The average Bonchev–Trinajstić information content (AvgIpc) is 2.34. The van der Waals surface area contributed by atoms with Crippen LogP contribution >= 0.6 is 11.6 Å². The number of nitrogen functional groups attached to an aromatic ring is 1. The number of anilines is 1. The van der Waals surface area contributed by atoms with Gasteiger partial charge in [-0.25, -0.2) is 0 Å². The zero-order chi connectivity index (χ0) is 14.6. The molecule has 1 aromatic rings. The molecule has 4 N–H and O–H groups in total. The van der Waals surface area contributed by atoms with Crippen molar-refractivity contribution >= 4 is 23.3 Å². The number of esters is 1. The fourth-order valence-corrected chi connectivity index (χ4v) is 1.95. The minimum atomic E-state index is -1.25. The summed E-state index contributed by atoms with van der Waals surface area (Å²) in [6.07, 6.45) is -2.75. The average molecular weight is 288 g/mol. The Labute approximate surface area is 116 Å². The number of nitrogens with two attached hydrogens (primary N) is 1. The minimum Gasteiger partial charge on any atom is -0.466 e. The molecule has 19 heavy (non-hydrogen) atoms. The van der Waals surface area contributed by atoms with Gasteiger partial charge in [0, 0.05) is 0 Å². The molecule has 0 aliphatic heterocycles. The zero-order valence-electron chi connectivity index (χ0n) is 10.9. The van der Waals surface area contributed by atoms with Crippen LogP contribution in [0.2, 0.25) is 5.02 Å². The van der Waals surface area contributed by atoms with E-state index in [9.17, 15) is 15.0 Å². The monoisotopic (exact) mass is 287 g/mol. The molecule has 0 amide bonds. The largest absolute Gasteiger partial charge is 0.466 e. The number of hydrogen-bond acceptors (Lipinski definition) is 5. The van der Waals surface area contributed by atoms with Crippen molar-refractivity contribution in [2.75, 3.05) is 12.3 Å². The number of aliphatic hydroxyl groups excluding tert-OH is 2. The molecule has 0 saturated heterocycles. The first-order chi connectivity index (χ1) is 8.86. The van der Waals surface area contributed by atoms with Gasteiger partial charge in [0.05, 0.1) is 29.8 Å². The predicted octanol–water partition coefficient (Wildman–Crippen LogP) is 1.58. The van der Waals surface area contributed by atoms with E-state index in [0.29, 0.717) is 21.8 Å². The van der Waals surface area contributed by atoms with Crippen LogP contribution in [0.25, 0.3) is 0 Å². The molecule has 0 aliphatic rings. The van der Waals surface area contributed by atoms with Crippen LogP contribution in [-0.4, -0.2) is 28.9 Å². The van der Waals surface area contributed by atoms with Gasteiger partial charge in [0.15, 0.2) is 0 Å². The minimum absolute atomic E-state index is 0.231. The Hall–Kier alpha value is -1.30. The molecule has 0 radical (unpaired) electrons. The number of aryl methyl sites for hydroxylation is 1. The molecule has 6 heteroatoms. The lowest BCUT2D eigenvalue weighted by atomic mass is 9.99. The summed E-state index contributed by atoms with van der Waals surface area (Å²) in [6, 6.07) is 3.10. The van der Waals surface area contributed by atoms with E-state index in [0.717, 1.165) is 0 Å². The van der Waals surface area contributed by atoms with Crippen LogP contribution in [0.3, 0.4) is 0 Å². The molecule has 0 spiro atoms. The predicted molar refractivity (Wildman–Crippen MR) is 72.8 cm³/mol. The number of aliphatic hydroxyl groups is 2. The Morgan fingerprint density at radius 1 is 1.47 bits per heavy atom. The van der Waals surface area contributed by atoms with E-state index in [1.165, 1.54) is 6.07 Å². The third-order valence-electron chi connectivity index (χ3n) is 2.75. The number of benzene rings is 1. The van der Waals surface area contributed by atoms with Gasteiger partial charge in [0.1, 0.15) is 6.10 Å². The van der Waals surface area contributed by atoms with Crippen LogP contribution in [-0.2, 0) is 9.53 Å². The highest BCUT2D eigenvalue weighted by Crippen LogP contribution is 2.29. The summed E-state index contributed by atoms with van der Waals surface area (Å²) in [4.78, 5) is 11.2. The van der Waals surface area contributed by atoms with Crippen molar-refractivity contribution in [3.8, 4) is 0 Å². The third kappa shape index (κ3) is 4.09. The quantitative estimate of drug-likeness (QED) is 0.565. The second kappa shape index (κ2) is 6.75. The van der Waals surface area contributed by atoms with E-state index in [1.807, 2.05) is 0 Å². The Kier molecular flexibility index (Phi) is 5.60. The van der Waals surface area contributed by atoms with Crippen molar-refractivity contribution in [1.82, 2.24) is 0 Å². The zero-order valence-corrected chi connectivity index (χ0v) is 11.6. The SMILES string of the molecule is CCOC(=O)CC(O)C(O)c1cc(C)c(N)c(Cl)c1. The van der Waals surface area contributed by atoms with Crippen molar-refractivity contribution in [3.05, 3.63) is 28.3 Å². The molecule has 2 unspecified atom stereocenters. The number of rotatable bonds is 5. The Morgan fingerprint density at radius 3 is 2.63 bits per heavy atom. The van der Waals surface area contributed by atoms with Gasteiger partial charge in [0.25, 0.3) is 0 Å². The Morgan fingerprint density at radius 2 is 2.11 bits per heavy atom. The van der Waals surface area contributed by atoms with Crippen LogP contribution in [0.15, 0.2) is 12.1 Å². The van der Waals surface area contributed by atoms with E-state index in [1.54, 1.807) is 19.9 Å². The molecular weight excluding hydrogens is 270 g/mol. The molecule has 1 aromatic carbocycles. The standard InChI is InChI=1S/C13H18ClNO4/c1-3-19-11(17)6-10(16)13(18)8-4-7(2)12(15)9(14)5-8/h4-5,10,13,16,18H,3,6,15H2,1-2H3. The summed E-state index contributed by atoms with van der Waals surface area (Å²) in [7, 11) is 0. The molecule has 0 aromatic heterocycles. The highest BCUT2D eigenvalue weighted by atomic mass is 35.5. The second-order valence-electron chi connectivity index (χ2n) is 4.25. The fourth-order valence-electron chi connectivity index (χ4n) is 1.68. The van der Waals surface area contributed by atoms with Gasteiger partial charge < -0.3 is 20.7 Å². The smallest absolute Gasteiger partial charge is 0.308 e. The molecule has 2 atom stereocenters. The van der Waals surface area contributed by atoms with Crippen molar-refractivity contribution in [2.45, 2.75) is 32.5 Å². The highest BCUT2D eigenvalue weighted by Gasteiger charge is 2.23. The van der Waals surface area contributed by atoms with Crippen LogP contribution in [0.4, 0.5) is 5.69 Å². The Balaban J connectivity index is 2.82. The Bertz CT molecular complexity index is 441. The van der Waals surface area contributed by atoms with E-state index in [2.05, 4.69) is 0 Å². The van der Waals surface area contributed by atoms with E-state index in [-0.39, 0.29) is 13.0 Å². The lowest BCUT2D eigenvalue weighted by molar-refractivity contribution is -0.147. The van der Waals surface area contributed by atoms with Gasteiger partial charge in [-0.3, -0.25) is 4.79 Å². The normalized spacial score (nSPS) is 13.9. The summed E-state index contributed by atoms with van der Waals surface area (Å²) < 4.78 is 4.71. The van der Waals surface area contributed by atoms with E-state index in [4.69, 9.17) is 22.1 Å². The first-order valence-corrected chi connectivity index (χ1v) is 6.31. The maximum atomic E-state index is 11.2. The highest BCUT2D eigenvalue weighted by molar-refractivity contribution is 6.33. The lowest BCUT2D eigenvalue weighted by Crippen LogP contribution is -2.23. The van der Waals surface area contributed by atoms with Crippen LogP contribution < -0.4 is 5.73 Å².